The van der Waals surface area contributed by atoms with E-state index in [1.54, 1.807) is 0 Å². The minimum atomic E-state index is 0.0858. The number of unbranched alkanes of at least 4 members (excludes halogenated alkanes) is 1. The lowest BCUT2D eigenvalue weighted by Crippen LogP contribution is -2.39. The maximum Gasteiger partial charge on any atom is 0.0689 e. The zero-order chi connectivity index (χ0) is 13.0. The van der Waals surface area contributed by atoms with Gasteiger partial charge >= 0.3 is 0 Å². The Morgan fingerprint density at radius 3 is 2.33 bits per heavy atom. The van der Waals surface area contributed by atoms with Gasteiger partial charge in [-0.15, -0.1) is 0 Å². The first-order chi connectivity index (χ1) is 8.63. The highest BCUT2D eigenvalue weighted by Gasteiger charge is 2.36. The van der Waals surface area contributed by atoms with Gasteiger partial charge in [0.15, 0.2) is 0 Å². The number of hydrogen-bond donors (Lipinski definition) is 0. The van der Waals surface area contributed by atoms with Crippen molar-refractivity contribution in [2.24, 2.45) is 17.3 Å². The first-order valence-corrected chi connectivity index (χ1v) is 7.77. The second kappa shape index (κ2) is 6.06. The van der Waals surface area contributed by atoms with Crippen molar-refractivity contribution in [1.29, 1.82) is 5.26 Å². The predicted molar refractivity (Wildman–Crippen MR) is 75.1 cm³/mol. The summed E-state index contributed by atoms with van der Waals surface area (Å²) in [5.41, 5.74) is 0.0858. The molecule has 2 heteroatoms. The summed E-state index contributed by atoms with van der Waals surface area (Å²) in [6, 6.07) is 2.55. The van der Waals surface area contributed by atoms with Crippen LogP contribution in [0.5, 0.6) is 0 Å². The van der Waals surface area contributed by atoms with Crippen LogP contribution in [-0.4, -0.2) is 24.5 Å². The molecule has 2 rings (SSSR count). The van der Waals surface area contributed by atoms with Crippen LogP contribution in [0.4, 0.5) is 0 Å². The van der Waals surface area contributed by atoms with Crippen molar-refractivity contribution in [3.05, 3.63) is 0 Å². The van der Waals surface area contributed by atoms with Gasteiger partial charge in [0, 0.05) is 13.1 Å². The minimum absolute atomic E-state index is 0.0858. The summed E-state index contributed by atoms with van der Waals surface area (Å²) in [7, 11) is 0. The van der Waals surface area contributed by atoms with E-state index < -0.39 is 0 Å². The second-order valence-corrected chi connectivity index (χ2v) is 6.91. The highest BCUT2D eigenvalue weighted by molar-refractivity contribution is 5.04. The minimum Gasteiger partial charge on any atom is -0.303 e. The number of piperidine rings is 1. The molecule has 18 heavy (non-hydrogen) atoms. The number of nitrogens with zero attached hydrogens (tertiary/aromatic N) is 2. The molecule has 2 aliphatic rings. The molecule has 0 radical (unpaired) electrons. The molecule has 102 valence electrons. The lowest BCUT2D eigenvalue weighted by molar-refractivity contribution is 0.133. The molecule has 0 aromatic heterocycles. The van der Waals surface area contributed by atoms with Crippen LogP contribution in [0.1, 0.15) is 58.8 Å². The largest absolute Gasteiger partial charge is 0.303 e. The van der Waals surface area contributed by atoms with Crippen LogP contribution in [0.15, 0.2) is 0 Å². The average molecular weight is 248 g/mol. The van der Waals surface area contributed by atoms with Gasteiger partial charge in [0.1, 0.15) is 0 Å². The molecule has 1 saturated carbocycles. The molecule has 2 fully saturated rings. The Hall–Kier alpha value is -0.550. The third kappa shape index (κ3) is 3.48. The summed E-state index contributed by atoms with van der Waals surface area (Å²) in [6.07, 6.45) is 8.64. The van der Waals surface area contributed by atoms with Crippen LogP contribution >= 0.6 is 0 Å². The van der Waals surface area contributed by atoms with Gasteiger partial charge in [0.2, 0.25) is 0 Å². The average Bonchev–Trinajstić information content (AvgIpc) is 2.26. The van der Waals surface area contributed by atoms with Gasteiger partial charge in [-0.1, -0.05) is 26.7 Å². The molecule has 0 bridgehead atoms. The summed E-state index contributed by atoms with van der Waals surface area (Å²) >= 11 is 0. The van der Waals surface area contributed by atoms with Gasteiger partial charge < -0.3 is 4.90 Å². The van der Waals surface area contributed by atoms with Gasteiger partial charge in [-0.2, -0.15) is 5.26 Å². The second-order valence-electron chi connectivity index (χ2n) is 6.91. The van der Waals surface area contributed by atoms with Gasteiger partial charge in [-0.25, -0.2) is 0 Å². The van der Waals surface area contributed by atoms with Crippen LogP contribution < -0.4 is 0 Å². The third-order valence-electron chi connectivity index (χ3n) is 4.87. The van der Waals surface area contributed by atoms with Crippen molar-refractivity contribution < 1.29 is 0 Å². The third-order valence-corrected chi connectivity index (χ3v) is 4.87. The van der Waals surface area contributed by atoms with Gasteiger partial charge in [0.25, 0.3) is 0 Å². The zero-order valence-electron chi connectivity index (χ0n) is 12.1. The topological polar surface area (TPSA) is 27.0 Å². The monoisotopic (exact) mass is 248 g/mol. The van der Waals surface area contributed by atoms with Crippen LogP contribution in [0.3, 0.4) is 0 Å². The number of nitriles is 1. The van der Waals surface area contributed by atoms with Crippen molar-refractivity contribution in [3.63, 3.8) is 0 Å². The van der Waals surface area contributed by atoms with Crippen molar-refractivity contribution in [2.75, 3.05) is 19.6 Å². The molecule has 0 N–H and O–H groups in total. The van der Waals surface area contributed by atoms with E-state index in [0.717, 1.165) is 31.1 Å². The maximum atomic E-state index is 9.19. The van der Waals surface area contributed by atoms with E-state index in [4.69, 9.17) is 0 Å². The van der Waals surface area contributed by atoms with Crippen molar-refractivity contribution >= 4 is 0 Å². The fourth-order valence-corrected chi connectivity index (χ4v) is 3.79. The standard InChI is InChI=1S/C16H28N2/c1-14-10-15(2)12-18(11-14)9-4-3-6-16(13-17)7-5-8-16/h14-15H,3-12H2,1-2H3. The summed E-state index contributed by atoms with van der Waals surface area (Å²) in [5, 5.41) is 9.19. The van der Waals surface area contributed by atoms with Crippen LogP contribution in [0.2, 0.25) is 0 Å². The van der Waals surface area contributed by atoms with Crippen LogP contribution in [0.25, 0.3) is 0 Å². The van der Waals surface area contributed by atoms with Crippen molar-refractivity contribution in [2.45, 2.75) is 58.8 Å². The Labute approximate surface area is 112 Å². The maximum absolute atomic E-state index is 9.19. The molecule has 1 saturated heterocycles. The van der Waals surface area contributed by atoms with Gasteiger partial charge in [-0.3, -0.25) is 0 Å². The molecule has 0 spiro atoms. The SMILES string of the molecule is CC1CC(C)CN(CCCCC2(C#N)CCC2)C1. The molecule has 1 heterocycles. The normalized spacial score (nSPS) is 31.6. The quantitative estimate of drug-likeness (QED) is 0.691. The van der Waals surface area contributed by atoms with E-state index >= 15 is 0 Å². The number of hydrogen-bond acceptors (Lipinski definition) is 2. The highest BCUT2D eigenvalue weighted by Crippen LogP contribution is 2.44. The fraction of sp³-hybridized carbons (Fsp3) is 0.938. The molecular weight excluding hydrogens is 220 g/mol. The lowest BCUT2D eigenvalue weighted by Gasteiger charge is -2.36. The molecule has 1 aliphatic carbocycles. The Morgan fingerprint density at radius 2 is 1.83 bits per heavy atom. The smallest absolute Gasteiger partial charge is 0.0689 e. The number of rotatable bonds is 5. The lowest BCUT2D eigenvalue weighted by atomic mass is 9.67. The first-order valence-electron chi connectivity index (χ1n) is 7.77. The highest BCUT2D eigenvalue weighted by atomic mass is 15.1. The van der Waals surface area contributed by atoms with E-state index in [2.05, 4.69) is 24.8 Å². The van der Waals surface area contributed by atoms with E-state index in [1.807, 2.05) is 0 Å². The summed E-state index contributed by atoms with van der Waals surface area (Å²) in [5.74, 6) is 1.73. The summed E-state index contributed by atoms with van der Waals surface area (Å²) < 4.78 is 0. The Balaban J connectivity index is 1.62. The zero-order valence-corrected chi connectivity index (χ0v) is 12.1. The Bertz CT molecular complexity index is 291. The van der Waals surface area contributed by atoms with Crippen LogP contribution in [0, 0.1) is 28.6 Å². The molecular formula is C16H28N2. The molecule has 0 aromatic carbocycles. The van der Waals surface area contributed by atoms with Crippen molar-refractivity contribution in [1.82, 2.24) is 4.90 Å². The molecule has 0 aromatic rings. The van der Waals surface area contributed by atoms with E-state index in [-0.39, 0.29) is 5.41 Å². The van der Waals surface area contributed by atoms with Crippen molar-refractivity contribution in [3.8, 4) is 6.07 Å². The summed E-state index contributed by atoms with van der Waals surface area (Å²) in [4.78, 5) is 2.64. The van der Waals surface area contributed by atoms with Gasteiger partial charge in [-0.05, 0) is 50.5 Å². The summed E-state index contributed by atoms with van der Waals surface area (Å²) in [6.45, 7) is 8.57. The fourth-order valence-electron chi connectivity index (χ4n) is 3.79. The molecule has 1 aliphatic heterocycles. The Morgan fingerprint density at radius 1 is 1.17 bits per heavy atom. The molecule has 2 nitrogen and oxygen atoms in total. The van der Waals surface area contributed by atoms with E-state index in [1.165, 1.54) is 45.3 Å². The van der Waals surface area contributed by atoms with Gasteiger partial charge in [0.05, 0.1) is 11.5 Å². The molecule has 2 unspecified atom stereocenters. The predicted octanol–water partition coefficient (Wildman–Crippen LogP) is 3.83. The first kappa shape index (κ1) is 13.9. The number of likely N-dealkylation sites (tertiary alicyclic amines) is 1. The van der Waals surface area contributed by atoms with E-state index in [0.29, 0.717) is 0 Å². The molecule has 0 amide bonds. The Kier molecular flexibility index (Phi) is 4.67. The van der Waals surface area contributed by atoms with Crippen LogP contribution in [-0.2, 0) is 0 Å². The molecule has 2 atom stereocenters. The van der Waals surface area contributed by atoms with E-state index in [9.17, 15) is 5.26 Å².